The standard InChI is InChI=1S/C17H20N6O7S4/c1-30-22-9(8-5-32-17(19)20-8)12(24)21-10-13(25)23-11(16(28)29)6(2-31-14(10)23)3-33-34-4-7(18)15(26)27/h5,7,10,14H,2-4,18H2,1H3,(H2,19,20)(H,21,24)(H,26,27)(H,28,29)/b22-9+/t7-,10+,14-/m0/s1. The Balaban J connectivity index is 1.67. The van der Waals surface area contributed by atoms with Crippen molar-refractivity contribution in [1.29, 1.82) is 0 Å². The van der Waals surface area contributed by atoms with E-state index in [4.69, 9.17) is 21.4 Å². The number of aromatic nitrogens is 1. The summed E-state index contributed by atoms with van der Waals surface area (Å²) in [5.74, 6) is -2.91. The van der Waals surface area contributed by atoms with Crippen molar-refractivity contribution in [3.05, 3.63) is 22.3 Å². The van der Waals surface area contributed by atoms with Crippen LogP contribution in [0.2, 0.25) is 0 Å². The van der Waals surface area contributed by atoms with Crippen LogP contribution in [0.1, 0.15) is 5.69 Å². The first kappa shape index (κ1) is 26.1. The SMILES string of the molecule is CO/N=C(/C(=O)N[C@@H]1C(=O)N2C(C(=O)O)=C(CSSC[C@H](N)C(=O)O)CS[C@@H]12)c1csc(N)n1. The molecule has 34 heavy (non-hydrogen) atoms. The number of fused-ring (bicyclic) bond motifs is 1. The molecule has 0 aromatic carbocycles. The van der Waals surface area contributed by atoms with Crippen molar-refractivity contribution < 1.29 is 34.2 Å². The van der Waals surface area contributed by atoms with Crippen molar-refractivity contribution in [1.82, 2.24) is 15.2 Å². The van der Waals surface area contributed by atoms with Gasteiger partial charge in [0.05, 0.1) is 0 Å². The number of thioether (sulfide) groups is 1. The van der Waals surface area contributed by atoms with Crippen LogP contribution in [-0.2, 0) is 24.0 Å². The lowest BCUT2D eigenvalue weighted by molar-refractivity contribution is -0.150. The van der Waals surface area contributed by atoms with Crippen LogP contribution in [0.3, 0.4) is 0 Å². The van der Waals surface area contributed by atoms with Gasteiger partial charge in [-0.3, -0.25) is 19.3 Å². The molecule has 2 aliphatic rings. The second-order valence-electron chi connectivity index (χ2n) is 6.80. The third kappa shape index (κ3) is 5.60. The van der Waals surface area contributed by atoms with Crippen LogP contribution >= 0.6 is 44.7 Å². The van der Waals surface area contributed by atoms with Gasteiger partial charge in [-0.05, 0) is 5.57 Å². The smallest absolute Gasteiger partial charge is 0.352 e. The number of nitrogens with one attached hydrogen (secondary N) is 1. The number of nitrogen functional groups attached to an aromatic ring is 1. The summed E-state index contributed by atoms with van der Waals surface area (Å²) in [7, 11) is 3.73. The van der Waals surface area contributed by atoms with Gasteiger partial charge in [0, 0.05) is 22.6 Å². The highest BCUT2D eigenvalue weighted by atomic mass is 33.1. The molecule has 184 valence electrons. The molecule has 13 nitrogen and oxygen atoms in total. The molecule has 0 radical (unpaired) electrons. The molecule has 3 atom stereocenters. The molecule has 0 aliphatic carbocycles. The average molecular weight is 549 g/mol. The molecule has 1 aromatic heterocycles. The van der Waals surface area contributed by atoms with Crippen LogP contribution in [-0.4, -0.2) is 91.4 Å². The summed E-state index contributed by atoms with van der Waals surface area (Å²) in [6.45, 7) is 0. The number of aliphatic carboxylic acids is 2. The maximum Gasteiger partial charge on any atom is 0.352 e. The number of nitrogens with zero attached hydrogens (tertiary/aromatic N) is 3. The molecule has 1 fully saturated rings. The minimum Gasteiger partial charge on any atom is -0.480 e. The molecule has 2 aliphatic heterocycles. The molecule has 0 spiro atoms. The number of nitrogens with two attached hydrogens (primary N) is 2. The van der Waals surface area contributed by atoms with Crippen LogP contribution in [0, 0.1) is 0 Å². The Kier molecular flexibility index (Phi) is 8.69. The van der Waals surface area contributed by atoms with Gasteiger partial charge in [0.2, 0.25) is 0 Å². The second-order valence-corrected chi connectivity index (χ2v) is 11.3. The zero-order valence-corrected chi connectivity index (χ0v) is 20.8. The van der Waals surface area contributed by atoms with E-state index in [1.165, 1.54) is 45.8 Å². The molecule has 2 amide bonds. The highest BCUT2D eigenvalue weighted by Gasteiger charge is 2.54. The zero-order chi connectivity index (χ0) is 25.0. The Morgan fingerprint density at radius 2 is 2.15 bits per heavy atom. The highest BCUT2D eigenvalue weighted by molar-refractivity contribution is 8.76. The lowest BCUT2D eigenvalue weighted by Gasteiger charge is -2.49. The van der Waals surface area contributed by atoms with Crippen LogP contribution in [0.5, 0.6) is 0 Å². The summed E-state index contributed by atoms with van der Waals surface area (Å²) in [6.07, 6.45) is 0. The van der Waals surface area contributed by atoms with Gasteiger partial charge >= 0.3 is 11.9 Å². The Labute approximate surface area is 209 Å². The van der Waals surface area contributed by atoms with E-state index in [2.05, 4.69) is 15.5 Å². The molecule has 1 aromatic rings. The Bertz CT molecular complexity index is 1060. The summed E-state index contributed by atoms with van der Waals surface area (Å²) >= 11 is 2.42. The van der Waals surface area contributed by atoms with Gasteiger partial charge in [-0.25, -0.2) is 9.78 Å². The van der Waals surface area contributed by atoms with Crippen LogP contribution < -0.4 is 16.8 Å². The molecule has 0 saturated carbocycles. The van der Waals surface area contributed by atoms with Gasteiger partial charge in [0.1, 0.15) is 36.0 Å². The van der Waals surface area contributed by atoms with Gasteiger partial charge in [-0.2, -0.15) is 0 Å². The lowest BCUT2D eigenvalue weighted by Crippen LogP contribution is -2.71. The monoisotopic (exact) mass is 548 g/mol. The average Bonchev–Trinajstić information content (AvgIpc) is 3.23. The fourth-order valence-corrected chi connectivity index (χ4v) is 7.28. The number of hydrogen-bond donors (Lipinski definition) is 5. The number of carboxylic acids is 2. The molecular formula is C17H20N6O7S4. The van der Waals surface area contributed by atoms with Crippen molar-refractivity contribution in [2.24, 2.45) is 10.9 Å². The van der Waals surface area contributed by atoms with Gasteiger partial charge in [0.25, 0.3) is 11.8 Å². The van der Waals surface area contributed by atoms with Crippen molar-refractivity contribution in [2.45, 2.75) is 17.5 Å². The first-order valence-electron chi connectivity index (χ1n) is 9.41. The number of oxime groups is 1. The van der Waals surface area contributed by atoms with Crippen molar-refractivity contribution in [2.75, 3.05) is 30.1 Å². The first-order chi connectivity index (χ1) is 16.1. The van der Waals surface area contributed by atoms with E-state index < -0.39 is 41.2 Å². The van der Waals surface area contributed by atoms with Crippen molar-refractivity contribution >= 4 is 79.3 Å². The summed E-state index contributed by atoms with van der Waals surface area (Å²) in [5.41, 5.74) is 11.5. The third-order valence-corrected chi connectivity index (χ3v) is 8.98. The number of carbonyl (C=O) groups is 4. The fourth-order valence-electron chi connectivity index (χ4n) is 3.00. The second kappa shape index (κ2) is 11.3. The predicted octanol–water partition coefficient (Wildman–Crippen LogP) is -0.392. The van der Waals surface area contributed by atoms with E-state index in [0.717, 1.165) is 16.2 Å². The summed E-state index contributed by atoms with van der Waals surface area (Å²) in [6, 6.07) is -1.98. The summed E-state index contributed by atoms with van der Waals surface area (Å²) in [4.78, 5) is 58.1. The number of rotatable bonds is 11. The molecule has 1 saturated heterocycles. The van der Waals surface area contributed by atoms with E-state index in [1.807, 2.05) is 0 Å². The fraction of sp³-hybridized carbons (Fsp3) is 0.412. The molecule has 3 heterocycles. The first-order valence-corrected chi connectivity index (χ1v) is 13.8. The van der Waals surface area contributed by atoms with E-state index in [9.17, 15) is 24.3 Å². The number of amides is 2. The van der Waals surface area contributed by atoms with Crippen LogP contribution in [0.25, 0.3) is 0 Å². The number of hydrogen-bond acceptors (Lipinski definition) is 13. The molecule has 3 rings (SSSR count). The van der Waals surface area contributed by atoms with Crippen molar-refractivity contribution in [3.63, 3.8) is 0 Å². The Morgan fingerprint density at radius 3 is 2.74 bits per heavy atom. The van der Waals surface area contributed by atoms with Crippen LogP contribution in [0.4, 0.5) is 5.13 Å². The maximum atomic E-state index is 12.8. The van der Waals surface area contributed by atoms with Gasteiger partial charge in [-0.1, -0.05) is 26.7 Å². The molecular weight excluding hydrogens is 528 g/mol. The topological polar surface area (TPSA) is 211 Å². The maximum absolute atomic E-state index is 12.8. The summed E-state index contributed by atoms with van der Waals surface area (Å²) < 4.78 is 0. The van der Waals surface area contributed by atoms with Gasteiger partial charge in [0.15, 0.2) is 10.8 Å². The zero-order valence-electron chi connectivity index (χ0n) is 17.5. The van der Waals surface area contributed by atoms with E-state index in [1.54, 1.807) is 0 Å². The van der Waals surface area contributed by atoms with Gasteiger partial charge in [-0.15, -0.1) is 23.1 Å². The van der Waals surface area contributed by atoms with E-state index >= 15 is 0 Å². The minimum absolute atomic E-state index is 0.132. The number of anilines is 1. The number of carboxylic acid groups (broad SMARTS) is 2. The number of thiazole rings is 1. The number of carbonyl (C=O) groups excluding carboxylic acids is 2. The normalized spacial score (nSPS) is 20.9. The van der Waals surface area contributed by atoms with Crippen LogP contribution in [0.15, 0.2) is 21.8 Å². The minimum atomic E-state index is -1.26. The predicted molar refractivity (Wildman–Crippen MR) is 130 cm³/mol. The van der Waals surface area contributed by atoms with E-state index in [-0.39, 0.29) is 33.7 Å². The van der Waals surface area contributed by atoms with Gasteiger partial charge < -0.3 is 31.8 Å². The lowest BCUT2D eigenvalue weighted by atomic mass is 10.0. The molecule has 7 N–H and O–H groups in total. The summed E-state index contributed by atoms with van der Waals surface area (Å²) in [5, 5.41) is 26.0. The van der Waals surface area contributed by atoms with Crippen molar-refractivity contribution in [3.8, 4) is 0 Å². The van der Waals surface area contributed by atoms with E-state index in [0.29, 0.717) is 11.3 Å². The Morgan fingerprint density at radius 1 is 1.41 bits per heavy atom. The Hall–Kier alpha value is -2.47. The quantitative estimate of drug-likeness (QED) is 0.0785. The number of β-lactam (4-membered cyclic amide) rings is 1. The molecule has 17 heteroatoms. The largest absolute Gasteiger partial charge is 0.480 e. The molecule has 0 bridgehead atoms. The highest BCUT2D eigenvalue weighted by Crippen LogP contribution is 2.42. The third-order valence-electron chi connectivity index (χ3n) is 4.58. The molecule has 0 unspecified atom stereocenters.